The number of aromatic nitrogens is 2. The molecule has 0 amide bonds. The third-order valence-electron chi connectivity index (χ3n) is 2.11. The van der Waals surface area contributed by atoms with Gasteiger partial charge in [0.25, 0.3) is 0 Å². The molecule has 0 atom stereocenters. The van der Waals surface area contributed by atoms with Crippen LogP contribution < -0.4 is 5.32 Å². The summed E-state index contributed by atoms with van der Waals surface area (Å²) in [7, 11) is 1.71. The summed E-state index contributed by atoms with van der Waals surface area (Å²) in [6, 6.07) is 2.00. The summed E-state index contributed by atoms with van der Waals surface area (Å²) in [6.45, 7) is 5.89. The van der Waals surface area contributed by atoms with Crippen LogP contribution in [0.2, 0.25) is 0 Å². The molecule has 84 valence electrons. The van der Waals surface area contributed by atoms with Gasteiger partial charge in [-0.1, -0.05) is 13.8 Å². The minimum absolute atomic E-state index is 0.438. The van der Waals surface area contributed by atoms with Crippen molar-refractivity contribution in [3.05, 3.63) is 18.1 Å². The minimum atomic E-state index is 0.438. The molecule has 4 nitrogen and oxygen atoms in total. The first-order valence-corrected chi connectivity index (χ1v) is 5.28. The number of methoxy groups -OCH3 is 1. The highest BCUT2D eigenvalue weighted by atomic mass is 16.5. The first kappa shape index (κ1) is 11.9. The van der Waals surface area contributed by atoms with E-state index in [0.29, 0.717) is 5.92 Å². The second-order valence-electron chi connectivity index (χ2n) is 3.76. The smallest absolute Gasteiger partial charge is 0.129 e. The molecule has 1 aromatic heterocycles. The van der Waals surface area contributed by atoms with Crippen molar-refractivity contribution in [2.45, 2.75) is 26.2 Å². The van der Waals surface area contributed by atoms with Gasteiger partial charge in [-0.15, -0.1) is 0 Å². The number of ether oxygens (including phenoxy) is 1. The van der Waals surface area contributed by atoms with E-state index in [2.05, 4.69) is 29.1 Å². The van der Waals surface area contributed by atoms with Gasteiger partial charge in [-0.25, -0.2) is 9.97 Å². The lowest BCUT2D eigenvalue weighted by atomic mass is 10.1. The number of rotatable bonds is 6. The average molecular weight is 209 g/mol. The molecule has 0 unspecified atom stereocenters. The second kappa shape index (κ2) is 6.35. The molecule has 0 radical (unpaired) electrons. The molecule has 1 aromatic rings. The highest BCUT2D eigenvalue weighted by Crippen LogP contribution is 2.13. The van der Waals surface area contributed by atoms with Crippen molar-refractivity contribution in [2.75, 3.05) is 25.6 Å². The molecule has 0 bridgehead atoms. The van der Waals surface area contributed by atoms with Crippen LogP contribution in [-0.2, 0) is 4.74 Å². The summed E-state index contributed by atoms with van der Waals surface area (Å²) in [5, 5.41) is 3.24. The number of anilines is 1. The monoisotopic (exact) mass is 209 g/mol. The maximum atomic E-state index is 4.97. The summed E-state index contributed by atoms with van der Waals surface area (Å²) < 4.78 is 4.97. The molecule has 0 aromatic carbocycles. The lowest BCUT2D eigenvalue weighted by Gasteiger charge is -2.08. The number of hydrogen-bond donors (Lipinski definition) is 1. The lowest BCUT2D eigenvalue weighted by Crippen LogP contribution is -2.07. The quantitative estimate of drug-likeness (QED) is 0.728. The Morgan fingerprint density at radius 3 is 2.87 bits per heavy atom. The molecule has 0 aliphatic rings. The Kier molecular flexibility index (Phi) is 5.04. The van der Waals surface area contributed by atoms with Gasteiger partial charge >= 0.3 is 0 Å². The Hall–Kier alpha value is -1.16. The van der Waals surface area contributed by atoms with E-state index in [1.165, 1.54) is 0 Å². The van der Waals surface area contributed by atoms with Gasteiger partial charge in [-0.2, -0.15) is 0 Å². The predicted octanol–water partition coefficient (Wildman–Crippen LogP) is 2.05. The van der Waals surface area contributed by atoms with E-state index in [9.17, 15) is 0 Å². The number of nitrogens with zero attached hydrogens (tertiary/aromatic N) is 2. The number of hydrogen-bond acceptors (Lipinski definition) is 4. The van der Waals surface area contributed by atoms with E-state index < -0.39 is 0 Å². The van der Waals surface area contributed by atoms with Gasteiger partial charge in [0.15, 0.2) is 0 Å². The summed E-state index contributed by atoms with van der Waals surface area (Å²) in [5.74, 6) is 1.33. The largest absolute Gasteiger partial charge is 0.385 e. The van der Waals surface area contributed by atoms with Crippen molar-refractivity contribution in [2.24, 2.45) is 0 Å². The topological polar surface area (TPSA) is 47.0 Å². The zero-order valence-corrected chi connectivity index (χ0v) is 9.66. The Bertz CT molecular complexity index is 289. The molecule has 0 fully saturated rings. The first-order chi connectivity index (χ1) is 7.24. The summed E-state index contributed by atoms with van der Waals surface area (Å²) >= 11 is 0. The molecule has 0 aliphatic carbocycles. The Morgan fingerprint density at radius 2 is 2.20 bits per heavy atom. The van der Waals surface area contributed by atoms with Crippen molar-refractivity contribution in [3.8, 4) is 0 Å². The van der Waals surface area contributed by atoms with Crippen LogP contribution in [0.4, 0.5) is 5.82 Å². The van der Waals surface area contributed by atoms with Gasteiger partial charge in [-0.3, -0.25) is 0 Å². The molecule has 15 heavy (non-hydrogen) atoms. The van der Waals surface area contributed by atoms with Crippen molar-refractivity contribution in [1.82, 2.24) is 9.97 Å². The fourth-order valence-electron chi connectivity index (χ4n) is 1.22. The van der Waals surface area contributed by atoms with E-state index in [4.69, 9.17) is 4.74 Å². The van der Waals surface area contributed by atoms with Crippen LogP contribution in [0.3, 0.4) is 0 Å². The highest BCUT2D eigenvalue weighted by Gasteiger charge is 2.01. The average Bonchev–Trinajstić information content (AvgIpc) is 2.25. The molecule has 0 saturated heterocycles. The van der Waals surface area contributed by atoms with Crippen LogP contribution in [0.1, 0.15) is 31.9 Å². The van der Waals surface area contributed by atoms with Crippen LogP contribution >= 0.6 is 0 Å². The lowest BCUT2D eigenvalue weighted by molar-refractivity contribution is 0.198. The summed E-state index contributed by atoms with van der Waals surface area (Å²) in [6.07, 6.45) is 2.59. The molecule has 1 N–H and O–H groups in total. The van der Waals surface area contributed by atoms with E-state index in [-0.39, 0.29) is 0 Å². The Balaban J connectivity index is 2.43. The van der Waals surface area contributed by atoms with E-state index in [1.807, 2.05) is 6.07 Å². The maximum absolute atomic E-state index is 4.97. The molecule has 1 rings (SSSR count). The molecular formula is C11H19N3O. The van der Waals surface area contributed by atoms with E-state index >= 15 is 0 Å². The van der Waals surface area contributed by atoms with Gasteiger partial charge in [-0.05, 0) is 12.3 Å². The summed E-state index contributed by atoms with van der Waals surface area (Å²) in [5.41, 5.74) is 1.07. The maximum Gasteiger partial charge on any atom is 0.129 e. The van der Waals surface area contributed by atoms with Crippen molar-refractivity contribution >= 4 is 5.82 Å². The predicted molar refractivity (Wildman–Crippen MR) is 61.1 cm³/mol. The zero-order chi connectivity index (χ0) is 11.1. The Morgan fingerprint density at radius 1 is 1.40 bits per heavy atom. The van der Waals surface area contributed by atoms with Gasteiger partial charge in [0.1, 0.15) is 12.1 Å². The normalized spacial score (nSPS) is 10.7. The van der Waals surface area contributed by atoms with Crippen LogP contribution in [0.25, 0.3) is 0 Å². The second-order valence-corrected chi connectivity index (χ2v) is 3.76. The van der Waals surface area contributed by atoms with Crippen molar-refractivity contribution in [3.63, 3.8) is 0 Å². The molecule has 0 spiro atoms. The fourth-order valence-corrected chi connectivity index (χ4v) is 1.22. The molecular weight excluding hydrogens is 190 g/mol. The molecule has 4 heteroatoms. The minimum Gasteiger partial charge on any atom is -0.385 e. The van der Waals surface area contributed by atoms with Crippen LogP contribution in [0, 0.1) is 0 Å². The van der Waals surface area contributed by atoms with E-state index in [1.54, 1.807) is 13.4 Å². The van der Waals surface area contributed by atoms with Crippen molar-refractivity contribution < 1.29 is 4.74 Å². The fraction of sp³-hybridized carbons (Fsp3) is 0.636. The SMILES string of the molecule is COCCCNc1cc(C(C)C)ncn1. The third kappa shape index (κ3) is 4.25. The highest BCUT2D eigenvalue weighted by molar-refractivity contribution is 5.35. The van der Waals surface area contributed by atoms with Crippen LogP contribution in [0.5, 0.6) is 0 Å². The Labute approximate surface area is 91.1 Å². The van der Waals surface area contributed by atoms with Gasteiger partial charge < -0.3 is 10.1 Å². The standard InChI is InChI=1S/C11H19N3O/c1-9(2)10-7-11(14-8-13-10)12-5-4-6-15-3/h7-9H,4-6H2,1-3H3,(H,12,13,14). The van der Waals surface area contributed by atoms with Crippen molar-refractivity contribution in [1.29, 1.82) is 0 Å². The summed E-state index contributed by atoms with van der Waals surface area (Å²) in [4.78, 5) is 8.36. The third-order valence-corrected chi connectivity index (χ3v) is 2.11. The zero-order valence-electron chi connectivity index (χ0n) is 9.66. The van der Waals surface area contributed by atoms with Gasteiger partial charge in [0, 0.05) is 32.0 Å². The molecule has 0 saturated carbocycles. The molecule has 0 aliphatic heterocycles. The van der Waals surface area contributed by atoms with Gasteiger partial charge in [0.05, 0.1) is 0 Å². The van der Waals surface area contributed by atoms with Crippen LogP contribution in [-0.4, -0.2) is 30.2 Å². The molecule has 1 heterocycles. The first-order valence-electron chi connectivity index (χ1n) is 5.28. The number of nitrogens with one attached hydrogen (secondary N) is 1. The van der Waals surface area contributed by atoms with Gasteiger partial charge in [0.2, 0.25) is 0 Å². The van der Waals surface area contributed by atoms with E-state index in [0.717, 1.165) is 31.1 Å². The van der Waals surface area contributed by atoms with Crippen LogP contribution in [0.15, 0.2) is 12.4 Å².